The molecule has 7 rings (SSSR count). The van der Waals surface area contributed by atoms with Crippen molar-refractivity contribution in [1.29, 1.82) is 0 Å². The first-order chi connectivity index (χ1) is 23.8. The number of piperidine rings is 1. The monoisotopic (exact) mass is 700 g/mol. The fourth-order valence-corrected chi connectivity index (χ4v) is 12.6. The number of amides is 1. The number of carbonyl (C=O) groups is 3. The van der Waals surface area contributed by atoms with Crippen molar-refractivity contribution >= 4 is 23.5 Å². The second-order valence-electron chi connectivity index (χ2n) is 15.8. The molecular formula is C37H52N2O11. The number of likely N-dealkylation sites (tertiary alicyclic amines) is 1. The summed E-state index contributed by atoms with van der Waals surface area (Å²) in [6.45, 7) is 4.65. The molecule has 6 fully saturated rings. The number of benzene rings is 1. The minimum Gasteiger partial charge on any atom is -0.481 e. The number of carbonyl (C=O) groups excluding carboxylic acids is 2. The Labute approximate surface area is 292 Å². The minimum atomic E-state index is -1.71. The van der Waals surface area contributed by atoms with Crippen molar-refractivity contribution in [3.05, 3.63) is 29.8 Å². The van der Waals surface area contributed by atoms with Crippen molar-refractivity contribution in [2.75, 3.05) is 53.5 Å². The van der Waals surface area contributed by atoms with E-state index in [1.54, 1.807) is 52.7 Å². The van der Waals surface area contributed by atoms with E-state index in [0.717, 1.165) is 6.42 Å². The number of esters is 1. The topological polar surface area (TPSA) is 173 Å². The van der Waals surface area contributed by atoms with Gasteiger partial charge in [0.2, 0.25) is 5.91 Å². The normalized spacial score (nSPS) is 44.4. The Balaban J connectivity index is 1.28. The summed E-state index contributed by atoms with van der Waals surface area (Å²) in [5.74, 6) is -3.87. The third kappa shape index (κ3) is 4.46. The van der Waals surface area contributed by atoms with Crippen molar-refractivity contribution in [2.45, 2.75) is 87.6 Å². The molecule has 7 bridgehead atoms. The third-order valence-corrected chi connectivity index (χ3v) is 14.1. The summed E-state index contributed by atoms with van der Waals surface area (Å²) in [6.07, 6.45) is 0.397. The highest BCUT2D eigenvalue weighted by molar-refractivity contribution is 6.01. The summed E-state index contributed by atoms with van der Waals surface area (Å²) < 4.78 is 31.3. The number of hydrogen-bond acceptors (Lipinski definition) is 11. The maximum Gasteiger partial charge on any atom is 0.340 e. The van der Waals surface area contributed by atoms with Gasteiger partial charge >= 0.3 is 11.9 Å². The molecule has 1 aromatic rings. The van der Waals surface area contributed by atoms with E-state index in [1.165, 1.54) is 6.92 Å². The van der Waals surface area contributed by atoms with Gasteiger partial charge < -0.3 is 44.3 Å². The molecule has 13 heteroatoms. The summed E-state index contributed by atoms with van der Waals surface area (Å²) >= 11 is 0. The standard InChI is InChI=1S/C37H52N2O11/c1-7-39-17-34(18-50-32(43)20-10-8-9-11-23(20)38-26(40)14-19(2)31(41)42)13-12-25(47-4)36-22-15-21-24(46-3)16-35(44,27(22)28(21)48-5)37(45,33(36)39)30(49-6)29(34)36/h8-11,19,21-22,24-25,27-30,33,44-45H,7,12-18H2,1-6H3,(H,38,40)(H,41,42)/t19-,21+,22+,24+,25-,27+,28-,29+,30-,33+,34-,35+,36-,37+/m0/s1. The zero-order valence-corrected chi connectivity index (χ0v) is 29.8. The molecule has 276 valence electrons. The highest BCUT2D eigenvalue weighted by Gasteiger charge is 2.91. The average molecular weight is 701 g/mol. The van der Waals surface area contributed by atoms with Gasteiger partial charge in [0.05, 0.1) is 54.2 Å². The van der Waals surface area contributed by atoms with Crippen molar-refractivity contribution in [2.24, 2.45) is 40.4 Å². The third-order valence-electron chi connectivity index (χ3n) is 14.1. The van der Waals surface area contributed by atoms with Gasteiger partial charge in [-0.3, -0.25) is 14.5 Å². The Kier molecular flexibility index (Phi) is 8.93. The number of aliphatic carboxylic acids is 1. The molecule has 5 aliphatic carbocycles. The molecule has 14 atom stereocenters. The van der Waals surface area contributed by atoms with Crippen LogP contribution in [-0.2, 0) is 33.3 Å². The molecule has 5 saturated carbocycles. The Bertz CT molecular complexity index is 1530. The number of fused-ring (bicyclic) bond motifs is 2. The molecule has 1 aromatic carbocycles. The number of nitrogens with one attached hydrogen (secondary N) is 1. The molecule has 0 radical (unpaired) electrons. The highest BCUT2D eigenvalue weighted by Crippen LogP contribution is 2.80. The number of para-hydroxylation sites is 1. The van der Waals surface area contributed by atoms with Gasteiger partial charge in [0.1, 0.15) is 11.2 Å². The number of carboxylic acids is 1. The molecule has 50 heavy (non-hydrogen) atoms. The van der Waals surface area contributed by atoms with Crippen LogP contribution in [0.25, 0.3) is 0 Å². The highest BCUT2D eigenvalue weighted by atomic mass is 16.5. The molecule has 0 unspecified atom stereocenters. The molecule has 1 aliphatic heterocycles. The zero-order valence-electron chi connectivity index (χ0n) is 29.8. The number of likely N-dealkylation sites (N-methyl/N-ethyl adjacent to an activating group) is 1. The van der Waals surface area contributed by atoms with Crippen LogP contribution in [0.5, 0.6) is 0 Å². The first-order valence-electron chi connectivity index (χ1n) is 17.9. The Morgan fingerprint density at radius 3 is 2.44 bits per heavy atom. The van der Waals surface area contributed by atoms with E-state index >= 15 is 0 Å². The number of anilines is 1. The van der Waals surface area contributed by atoms with Crippen LogP contribution in [0, 0.1) is 40.4 Å². The van der Waals surface area contributed by atoms with Crippen LogP contribution in [0.2, 0.25) is 0 Å². The maximum absolute atomic E-state index is 13.9. The smallest absolute Gasteiger partial charge is 0.340 e. The van der Waals surface area contributed by atoms with Crippen LogP contribution in [0.4, 0.5) is 5.69 Å². The number of ether oxygens (including phenoxy) is 5. The summed E-state index contributed by atoms with van der Waals surface area (Å²) in [6, 6.07) is 6.05. The molecule has 1 spiro atoms. The Morgan fingerprint density at radius 2 is 1.80 bits per heavy atom. The second-order valence-corrected chi connectivity index (χ2v) is 15.8. The van der Waals surface area contributed by atoms with E-state index in [4.69, 9.17) is 23.7 Å². The average Bonchev–Trinajstić information content (AvgIpc) is 3.52. The van der Waals surface area contributed by atoms with Gasteiger partial charge in [-0.2, -0.15) is 0 Å². The molecule has 1 saturated heterocycles. The number of carboxylic acid groups (broad SMARTS) is 1. The summed E-state index contributed by atoms with van der Waals surface area (Å²) in [4.78, 5) is 40.2. The van der Waals surface area contributed by atoms with E-state index < -0.39 is 57.9 Å². The number of hydrogen-bond donors (Lipinski definition) is 4. The van der Waals surface area contributed by atoms with Crippen molar-refractivity contribution in [3.63, 3.8) is 0 Å². The largest absolute Gasteiger partial charge is 0.481 e. The van der Waals surface area contributed by atoms with Gasteiger partial charge in [-0.15, -0.1) is 0 Å². The minimum absolute atomic E-state index is 0.0276. The van der Waals surface area contributed by atoms with Crippen LogP contribution < -0.4 is 5.32 Å². The second kappa shape index (κ2) is 12.5. The molecule has 13 nitrogen and oxygen atoms in total. The first kappa shape index (κ1) is 35.7. The number of methoxy groups -OCH3 is 4. The van der Waals surface area contributed by atoms with E-state index in [1.807, 2.05) is 0 Å². The summed E-state index contributed by atoms with van der Waals surface area (Å²) in [5, 5.41) is 38.5. The lowest BCUT2D eigenvalue weighted by Gasteiger charge is -2.70. The van der Waals surface area contributed by atoms with Crippen LogP contribution in [-0.4, -0.2) is 128 Å². The van der Waals surface area contributed by atoms with Gasteiger partial charge in [-0.05, 0) is 43.9 Å². The SMILES string of the molecule is CCN1C[C@]2(COC(=O)c3ccccc3NC(=O)C[C@H](C)C(=O)O)CC[C@H](OC)[C@]34[C@@H]5C[C@H]6[C@H](OC)[C@@H]5[C@](O)(C[C@H]6OC)[C@](O)([C@H]13)[C@@H](OC)[C@H]24. The first-order valence-corrected chi connectivity index (χ1v) is 17.9. The summed E-state index contributed by atoms with van der Waals surface area (Å²) in [5.41, 5.74) is -4.20. The van der Waals surface area contributed by atoms with Gasteiger partial charge in [0.15, 0.2) is 0 Å². The molecule has 1 amide bonds. The van der Waals surface area contributed by atoms with Crippen LogP contribution >= 0.6 is 0 Å². The lowest BCUT2D eigenvalue weighted by atomic mass is 9.42. The molecule has 6 aliphatic rings. The van der Waals surface area contributed by atoms with E-state index in [9.17, 15) is 29.7 Å². The molecule has 1 heterocycles. The fraction of sp³-hybridized carbons (Fsp3) is 0.757. The van der Waals surface area contributed by atoms with E-state index in [0.29, 0.717) is 25.9 Å². The lowest BCUT2D eigenvalue weighted by Crippen LogP contribution is -2.82. The summed E-state index contributed by atoms with van der Waals surface area (Å²) in [7, 11) is 6.66. The van der Waals surface area contributed by atoms with Crippen LogP contribution in [0.15, 0.2) is 24.3 Å². The van der Waals surface area contributed by atoms with Gasteiger partial charge in [-0.25, -0.2) is 4.79 Å². The predicted molar refractivity (Wildman–Crippen MR) is 178 cm³/mol. The fourth-order valence-electron chi connectivity index (χ4n) is 12.6. The van der Waals surface area contributed by atoms with Crippen molar-refractivity contribution in [3.8, 4) is 0 Å². The predicted octanol–water partition coefficient (Wildman–Crippen LogP) is 2.19. The van der Waals surface area contributed by atoms with Crippen LogP contribution in [0.3, 0.4) is 0 Å². The maximum atomic E-state index is 13.9. The number of aliphatic hydroxyl groups is 2. The Hall–Kier alpha value is -2.65. The number of rotatable bonds is 12. The molecule has 0 aromatic heterocycles. The lowest BCUT2D eigenvalue weighted by molar-refractivity contribution is -0.320. The van der Waals surface area contributed by atoms with Crippen LogP contribution in [0.1, 0.15) is 56.3 Å². The van der Waals surface area contributed by atoms with Gasteiger partial charge in [0.25, 0.3) is 0 Å². The zero-order chi connectivity index (χ0) is 36.0. The van der Waals surface area contributed by atoms with Gasteiger partial charge in [0, 0.05) is 76.4 Å². The van der Waals surface area contributed by atoms with E-state index in [2.05, 4.69) is 17.1 Å². The van der Waals surface area contributed by atoms with Crippen molar-refractivity contribution in [1.82, 2.24) is 4.90 Å². The van der Waals surface area contributed by atoms with E-state index in [-0.39, 0.29) is 72.7 Å². The Morgan fingerprint density at radius 1 is 1.06 bits per heavy atom. The number of nitrogens with zero attached hydrogens (tertiary/aromatic N) is 1. The van der Waals surface area contributed by atoms with Crippen molar-refractivity contribution < 1.29 is 53.4 Å². The molecular weight excluding hydrogens is 648 g/mol. The quantitative estimate of drug-likeness (QED) is 0.235. The molecule has 4 N–H and O–H groups in total. The van der Waals surface area contributed by atoms with Gasteiger partial charge in [-0.1, -0.05) is 26.0 Å².